The summed E-state index contributed by atoms with van der Waals surface area (Å²) in [5.41, 5.74) is 0. The van der Waals surface area contributed by atoms with Crippen molar-refractivity contribution in [3.63, 3.8) is 0 Å². The number of hydrogen-bond donors (Lipinski definition) is 0. The molecule has 0 bridgehead atoms. The number of thioether (sulfide) groups is 1. The average molecular weight is 239 g/mol. The first kappa shape index (κ1) is 9.73. The van der Waals surface area contributed by atoms with Crippen LogP contribution in [-0.2, 0) is 4.79 Å². The highest BCUT2D eigenvalue weighted by Gasteiger charge is 2.46. The summed E-state index contributed by atoms with van der Waals surface area (Å²) < 4.78 is 0. The van der Waals surface area contributed by atoms with E-state index in [1.165, 1.54) is 17.7 Å². The molecule has 15 heavy (non-hydrogen) atoms. The first-order valence-corrected chi connectivity index (χ1v) is 7.10. The summed E-state index contributed by atoms with van der Waals surface area (Å²) in [6, 6.07) is 4.74. The van der Waals surface area contributed by atoms with Crippen LogP contribution in [0, 0.1) is 0 Å². The van der Waals surface area contributed by atoms with E-state index in [1.807, 2.05) is 6.92 Å². The fraction of sp³-hybridized carbons (Fsp3) is 0.545. The first-order chi connectivity index (χ1) is 7.27. The highest BCUT2D eigenvalue weighted by atomic mass is 32.2. The molecule has 0 N–H and O–H groups in total. The van der Waals surface area contributed by atoms with Gasteiger partial charge in [0.1, 0.15) is 5.37 Å². The Bertz CT molecular complexity index is 372. The second kappa shape index (κ2) is 3.52. The summed E-state index contributed by atoms with van der Waals surface area (Å²) in [4.78, 5) is 15.4. The lowest BCUT2D eigenvalue weighted by Gasteiger charge is -2.22. The van der Waals surface area contributed by atoms with Crippen LogP contribution in [0.25, 0.3) is 0 Å². The number of amides is 1. The van der Waals surface area contributed by atoms with E-state index in [0.29, 0.717) is 17.3 Å². The molecule has 2 aliphatic rings. The van der Waals surface area contributed by atoms with E-state index in [0.717, 1.165) is 0 Å². The molecule has 1 saturated heterocycles. The van der Waals surface area contributed by atoms with Gasteiger partial charge in [-0.2, -0.15) is 0 Å². The van der Waals surface area contributed by atoms with Crippen molar-refractivity contribution in [3.05, 3.63) is 22.4 Å². The van der Waals surface area contributed by atoms with Crippen LogP contribution < -0.4 is 0 Å². The third kappa shape index (κ3) is 1.60. The number of hydrogen-bond acceptors (Lipinski definition) is 3. The maximum absolute atomic E-state index is 12.0. The van der Waals surface area contributed by atoms with Crippen LogP contribution in [0.4, 0.5) is 0 Å². The van der Waals surface area contributed by atoms with Crippen LogP contribution in [-0.4, -0.2) is 22.1 Å². The predicted octanol–water partition coefficient (Wildman–Crippen LogP) is 2.87. The number of carbonyl (C=O) groups is 1. The summed E-state index contributed by atoms with van der Waals surface area (Å²) in [5, 5.41) is 2.52. The first-order valence-electron chi connectivity index (χ1n) is 5.28. The number of nitrogens with zero attached hydrogens (tertiary/aromatic N) is 1. The van der Waals surface area contributed by atoms with Crippen molar-refractivity contribution < 1.29 is 4.79 Å². The molecule has 0 aromatic carbocycles. The molecule has 1 aliphatic heterocycles. The molecule has 1 saturated carbocycles. The van der Waals surface area contributed by atoms with Crippen LogP contribution in [0.15, 0.2) is 17.5 Å². The van der Waals surface area contributed by atoms with Crippen LogP contribution in [0.2, 0.25) is 0 Å². The van der Waals surface area contributed by atoms with E-state index in [4.69, 9.17) is 0 Å². The van der Waals surface area contributed by atoms with Crippen molar-refractivity contribution in [2.75, 3.05) is 0 Å². The zero-order valence-corrected chi connectivity index (χ0v) is 10.2. The van der Waals surface area contributed by atoms with Crippen molar-refractivity contribution in [2.24, 2.45) is 0 Å². The van der Waals surface area contributed by atoms with E-state index in [2.05, 4.69) is 22.4 Å². The topological polar surface area (TPSA) is 20.3 Å². The summed E-state index contributed by atoms with van der Waals surface area (Å²) in [6.07, 6.45) is 2.39. The van der Waals surface area contributed by atoms with E-state index in [1.54, 1.807) is 23.1 Å². The van der Waals surface area contributed by atoms with E-state index in [9.17, 15) is 4.79 Å². The zero-order valence-electron chi connectivity index (χ0n) is 8.55. The third-order valence-electron chi connectivity index (χ3n) is 2.91. The Morgan fingerprint density at radius 3 is 2.87 bits per heavy atom. The van der Waals surface area contributed by atoms with Gasteiger partial charge in [-0.3, -0.25) is 4.79 Å². The van der Waals surface area contributed by atoms with Crippen molar-refractivity contribution in [2.45, 2.75) is 36.4 Å². The predicted molar refractivity (Wildman–Crippen MR) is 64.0 cm³/mol. The van der Waals surface area contributed by atoms with Gasteiger partial charge in [-0.1, -0.05) is 6.07 Å². The quantitative estimate of drug-likeness (QED) is 0.791. The summed E-state index contributed by atoms with van der Waals surface area (Å²) in [6.45, 7) is 2.02. The number of thiophene rings is 1. The average Bonchev–Trinajstić information content (AvgIpc) is 2.82. The molecule has 1 amide bonds. The van der Waals surface area contributed by atoms with Gasteiger partial charge in [0.15, 0.2) is 0 Å². The molecular weight excluding hydrogens is 226 g/mol. The highest BCUT2D eigenvalue weighted by Crippen LogP contribution is 2.49. The Kier molecular flexibility index (Phi) is 2.29. The molecule has 3 rings (SSSR count). The fourth-order valence-electron chi connectivity index (χ4n) is 2.00. The smallest absolute Gasteiger partial charge is 0.236 e. The Hall–Kier alpha value is -0.480. The zero-order chi connectivity index (χ0) is 10.4. The van der Waals surface area contributed by atoms with Crippen molar-refractivity contribution in [1.82, 2.24) is 4.90 Å². The van der Waals surface area contributed by atoms with Gasteiger partial charge in [0.25, 0.3) is 0 Å². The molecule has 2 nitrogen and oxygen atoms in total. The van der Waals surface area contributed by atoms with Gasteiger partial charge in [-0.25, -0.2) is 0 Å². The standard InChI is InChI=1S/C11H13NOS2/c1-7-10(13)12(8-4-5-8)11(15-7)9-3-2-6-14-9/h2-3,6-8,11H,4-5H2,1H3/t7-,11+/m1/s1. The molecular formula is C11H13NOS2. The lowest BCUT2D eigenvalue weighted by molar-refractivity contribution is -0.130. The van der Waals surface area contributed by atoms with E-state index >= 15 is 0 Å². The molecule has 2 atom stereocenters. The molecule has 2 heterocycles. The third-order valence-corrected chi connectivity index (χ3v) is 5.34. The monoisotopic (exact) mass is 239 g/mol. The van der Waals surface area contributed by atoms with Crippen LogP contribution in [0.5, 0.6) is 0 Å². The Labute approximate surface area is 97.7 Å². The Morgan fingerprint density at radius 1 is 1.47 bits per heavy atom. The number of rotatable bonds is 2. The minimum atomic E-state index is 0.137. The van der Waals surface area contributed by atoms with Crippen LogP contribution in [0.3, 0.4) is 0 Å². The summed E-state index contributed by atoms with van der Waals surface area (Å²) >= 11 is 3.55. The molecule has 1 aliphatic carbocycles. The SMILES string of the molecule is C[C@H]1S[C@@H](c2cccs2)N(C2CC2)C1=O. The van der Waals surface area contributed by atoms with E-state index < -0.39 is 0 Å². The fourth-order valence-corrected chi connectivity index (χ4v) is 4.28. The van der Waals surface area contributed by atoms with Crippen molar-refractivity contribution in [3.8, 4) is 0 Å². The maximum Gasteiger partial charge on any atom is 0.236 e. The minimum absolute atomic E-state index is 0.137. The lowest BCUT2D eigenvalue weighted by atomic mass is 10.3. The maximum atomic E-state index is 12.0. The van der Waals surface area contributed by atoms with Gasteiger partial charge in [0.05, 0.1) is 5.25 Å². The van der Waals surface area contributed by atoms with Gasteiger partial charge in [-0.15, -0.1) is 23.1 Å². The molecule has 1 aromatic rings. The Balaban J connectivity index is 1.91. The van der Waals surface area contributed by atoms with Gasteiger partial charge < -0.3 is 4.90 Å². The van der Waals surface area contributed by atoms with Crippen molar-refractivity contribution >= 4 is 29.0 Å². The molecule has 1 aromatic heterocycles. The van der Waals surface area contributed by atoms with Gasteiger partial charge in [0.2, 0.25) is 5.91 Å². The minimum Gasteiger partial charge on any atom is -0.322 e. The summed E-state index contributed by atoms with van der Waals surface area (Å²) in [5.74, 6) is 0.334. The van der Waals surface area contributed by atoms with Crippen LogP contribution >= 0.6 is 23.1 Å². The highest BCUT2D eigenvalue weighted by molar-refractivity contribution is 8.01. The molecule has 80 valence electrons. The second-order valence-electron chi connectivity index (χ2n) is 4.12. The lowest BCUT2D eigenvalue weighted by Crippen LogP contribution is -2.31. The van der Waals surface area contributed by atoms with E-state index in [-0.39, 0.29) is 5.25 Å². The van der Waals surface area contributed by atoms with Gasteiger partial charge in [0, 0.05) is 10.9 Å². The summed E-state index contributed by atoms with van der Waals surface area (Å²) in [7, 11) is 0. The van der Waals surface area contributed by atoms with Gasteiger partial charge >= 0.3 is 0 Å². The Morgan fingerprint density at radius 2 is 2.27 bits per heavy atom. The number of carbonyl (C=O) groups excluding carboxylic acids is 1. The molecule has 2 fully saturated rings. The molecule has 0 spiro atoms. The molecule has 0 radical (unpaired) electrons. The second-order valence-corrected chi connectivity index (χ2v) is 6.53. The van der Waals surface area contributed by atoms with Crippen molar-refractivity contribution in [1.29, 1.82) is 0 Å². The molecule has 4 heteroatoms. The van der Waals surface area contributed by atoms with Gasteiger partial charge in [-0.05, 0) is 31.2 Å². The largest absolute Gasteiger partial charge is 0.322 e. The van der Waals surface area contributed by atoms with Crippen LogP contribution in [0.1, 0.15) is 30.0 Å². The molecule has 0 unspecified atom stereocenters. The normalized spacial score (nSPS) is 31.3.